The summed E-state index contributed by atoms with van der Waals surface area (Å²) in [7, 11) is 3.54. The lowest BCUT2D eigenvalue weighted by atomic mass is 10.1. The number of aryl methyl sites for hydroxylation is 1. The first-order valence-corrected chi connectivity index (χ1v) is 12.9. The lowest BCUT2D eigenvalue weighted by Crippen LogP contribution is -2.43. The van der Waals surface area contributed by atoms with Crippen LogP contribution in [0.4, 0.5) is 15.8 Å². The Morgan fingerprint density at radius 3 is 2.74 bits per heavy atom. The zero-order chi connectivity index (χ0) is 27.4. The van der Waals surface area contributed by atoms with Crippen molar-refractivity contribution < 1.29 is 18.7 Å². The summed E-state index contributed by atoms with van der Waals surface area (Å²) in [6.45, 7) is 4.26. The van der Waals surface area contributed by atoms with Crippen LogP contribution in [0.5, 0.6) is 6.01 Å². The van der Waals surface area contributed by atoms with Crippen LogP contribution < -0.4 is 25.6 Å². The van der Waals surface area contributed by atoms with Gasteiger partial charge in [0.1, 0.15) is 5.52 Å². The third-order valence-corrected chi connectivity index (χ3v) is 6.77. The Hall–Kier alpha value is -4.32. The molecule has 11 nitrogen and oxygen atoms in total. The van der Waals surface area contributed by atoms with Crippen molar-refractivity contribution >= 4 is 45.4 Å². The minimum atomic E-state index is -0.586. The Labute approximate surface area is 224 Å². The Bertz CT molecular complexity index is 1500. The van der Waals surface area contributed by atoms with E-state index in [1.807, 2.05) is 12.1 Å². The fraction of sp³-hybridized carbons (Fsp3) is 0.370. The zero-order valence-electron chi connectivity index (χ0n) is 21.9. The van der Waals surface area contributed by atoms with Crippen LogP contribution >= 0.6 is 0 Å². The highest BCUT2D eigenvalue weighted by molar-refractivity contribution is 6.01. The van der Waals surface area contributed by atoms with E-state index in [0.29, 0.717) is 29.6 Å². The number of aromatic nitrogens is 4. The summed E-state index contributed by atoms with van der Waals surface area (Å²) >= 11 is 0. The summed E-state index contributed by atoms with van der Waals surface area (Å²) in [4.78, 5) is 34.4. The lowest BCUT2D eigenvalue weighted by Gasteiger charge is -2.30. The van der Waals surface area contributed by atoms with E-state index in [0.717, 1.165) is 61.0 Å². The molecular weight excluding hydrogens is 503 g/mol. The molecule has 2 saturated heterocycles. The second-order valence-corrected chi connectivity index (χ2v) is 9.43. The number of carbonyl (C=O) groups excluding carboxylic acids is 2. The summed E-state index contributed by atoms with van der Waals surface area (Å²) < 4.78 is 20.6. The molecule has 4 heterocycles. The number of amides is 1. The first kappa shape index (κ1) is 26.3. The van der Waals surface area contributed by atoms with E-state index >= 15 is 0 Å². The van der Waals surface area contributed by atoms with Crippen molar-refractivity contribution in [3.05, 3.63) is 48.0 Å². The molecule has 1 unspecified atom stereocenters. The number of rotatable bonds is 5. The maximum Gasteiger partial charge on any atom is 0.317 e. The minimum Gasteiger partial charge on any atom is -0.450 e. The molecular formula is C27H31FN8O3. The molecule has 1 amide bonds. The molecule has 0 radical (unpaired) electrons. The van der Waals surface area contributed by atoms with Crippen molar-refractivity contribution in [1.29, 1.82) is 0 Å². The molecule has 3 N–H and O–H groups in total. The van der Waals surface area contributed by atoms with Gasteiger partial charge in [-0.05, 0) is 37.1 Å². The van der Waals surface area contributed by atoms with Gasteiger partial charge in [-0.1, -0.05) is 0 Å². The number of piperazine rings is 1. The van der Waals surface area contributed by atoms with Crippen LogP contribution in [-0.2, 0) is 11.8 Å². The van der Waals surface area contributed by atoms with E-state index in [1.54, 1.807) is 37.2 Å². The van der Waals surface area contributed by atoms with Gasteiger partial charge in [0.15, 0.2) is 18.2 Å². The third kappa shape index (κ3) is 5.75. The molecule has 204 valence electrons. The van der Waals surface area contributed by atoms with Crippen molar-refractivity contribution in [3.8, 4) is 6.01 Å². The number of nitrogens with one attached hydrogen (secondary N) is 3. The first-order valence-electron chi connectivity index (χ1n) is 12.9. The van der Waals surface area contributed by atoms with Gasteiger partial charge in [-0.15, -0.1) is 0 Å². The van der Waals surface area contributed by atoms with Crippen LogP contribution in [0, 0.1) is 5.82 Å². The van der Waals surface area contributed by atoms with Gasteiger partial charge in [0.05, 0.1) is 5.52 Å². The number of anilines is 2. The Morgan fingerprint density at radius 2 is 2.00 bits per heavy atom. The molecule has 0 spiro atoms. The molecule has 39 heavy (non-hydrogen) atoms. The molecule has 4 aromatic rings. The molecule has 2 aromatic carbocycles. The molecule has 2 aliphatic rings. The van der Waals surface area contributed by atoms with E-state index in [2.05, 4.69) is 35.9 Å². The van der Waals surface area contributed by atoms with Gasteiger partial charge in [0, 0.05) is 86.9 Å². The van der Waals surface area contributed by atoms with Crippen molar-refractivity contribution in [1.82, 2.24) is 30.4 Å². The highest BCUT2D eigenvalue weighted by Gasteiger charge is 2.25. The Kier molecular flexibility index (Phi) is 7.82. The number of hydrogen-bond acceptors (Lipinski definition) is 9. The zero-order valence-corrected chi connectivity index (χ0v) is 21.9. The van der Waals surface area contributed by atoms with Crippen LogP contribution in [0.25, 0.3) is 21.8 Å². The molecule has 0 aliphatic carbocycles. The molecule has 1 atom stereocenters. The standard InChI is InChI=1S/C18H21N5O3.C9H10FN3/c24-11-12-3-4-14(23-8-6-19-7-9-23)13-10-21-18(22-16(12)13)26-15-2-1-5-20-17(15)25;1-11-7-3-6-5-13(2)12-9(6)8(10)4-7/h3-4,10-11,15,19H,1-2,5-9H2,(H,20,25);3-5,11H,1-2H3. The van der Waals surface area contributed by atoms with E-state index in [4.69, 9.17) is 4.74 Å². The summed E-state index contributed by atoms with van der Waals surface area (Å²) in [5.41, 5.74) is 3.23. The largest absolute Gasteiger partial charge is 0.450 e. The Morgan fingerprint density at radius 1 is 1.18 bits per heavy atom. The van der Waals surface area contributed by atoms with Gasteiger partial charge in [-0.3, -0.25) is 14.3 Å². The number of benzene rings is 2. The number of nitrogens with zero attached hydrogens (tertiary/aromatic N) is 5. The Balaban J connectivity index is 0.000000198. The second-order valence-electron chi connectivity index (χ2n) is 9.43. The third-order valence-electron chi connectivity index (χ3n) is 6.77. The minimum absolute atomic E-state index is 0.125. The molecule has 2 aromatic heterocycles. The molecule has 12 heteroatoms. The molecule has 6 rings (SSSR count). The van der Waals surface area contributed by atoms with Gasteiger partial charge in [-0.2, -0.15) is 10.1 Å². The SMILES string of the molecule is CNc1cc(F)c2nn(C)cc2c1.O=Cc1ccc(N2CCNCC2)c2cnc(OC3CCCNC3=O)nc12. The highest BCUT2D eigenvalue weighted by atomic mass is 19.1. The summed E-state index contributed by atoms with van der Waals surface area (Å²) in [6, 6.07) is 7.15. The van der Waals surface area contributed by atoms with Crippen LogP contribution in [0.3, 0.4) is 0 Å². The number of hydrogen-bond donors (Lipinski definition) is 3. The van der Waals surface area contributed by atoms with Gasteiger partial charge in [0.25, 0.3) is 5.91 Å². The summed E-state index contributed by atoms with van der Waals surface area (Å²) in [5.74, 6) is -0.437. The van der Waals surface area contributed by atoms with E-state index in [9.17, 15) is 14.0 Å². The quantitative estimate of drug-likeness (QED) is 0.331. The van der Waals surface area contributed by atoms with Crippen LogP contribution in [0.15, 0.2) is 36.7 Å². The number of fused-ring (bicyclic) bond motifs is 2. The summed E-state index contributed by atoms with van der Waals surface area (Å²) in [6.07, 6.45) is 5.17. The van der Waals surface area contributed by atoms with Crippen molar-refractivity contribution in [3.63, 3.8) is 0 Å². The predicted molar refractivity (Wildman–Crippen MR) is 147 cm³/mol. The van der Waals surface area contributed by atoms with E-state index < -0.39 is 6.10 Å². The molecule has 2 fully saturated rings. The van der Waals surface area contributed by atoms with Crippen molar-refractivity contribution in [2.45, 2.75) is 18.9 Å². The topological polar surface area (TPSA) is 126 Å². The van der Waals surface area contributed by atoms with Gasteiger partial charge < -0.3 is 25.6 Å². The van der Waals surface area contributed by atoms with Crippen LogP contribution in [0.2, 0.25) is 0 Å². The highest BCUT2D eigenvalue weighted by Crippen LogP contribution is 2.29. The molecule has 0 saturated carbocycles. The van der Waals surface area contributed by atoms with Crippen LogP contribution in [0.1, 0.15) is 23.2 Å². The van der Waals surface area contributed by atoms with Crippen LogP contribution in [-0.4, -0.2) is 77.8 Å². The smallest absolute Gasteiger partial charge is 0.317 e. The average Bonchev–Trinajstić information content (AvgIpc) is 3.35. The lowest BCUT2D eigenvalue weighted by molar-refractivity contribution is -0.130. The van der Waals surface area contributed by atoms with E-state index in [1.165, 1.54) is 6.07 Å². The number of carbonyl (C=O) groups is 2. The van der Waals surface area contributed by atoms with E-state index in [-0.39, 0.29) is 17.7 Å². The monoisotopic (exact) mass is 534 g/mol. The number of piperidine rings is 1. The average molecular weight is 535 g/mol. The maximum absolute atomic E-state index is 13.3. The predicted octanol–water partition coefficient (Wildman–Crippen LogP) is 2.26. The van der Waals surface area contributed by atoms with Gasteiger partial charge in [0.2, 0.25) is 0 Å². The fourth-order valence-corrected chi connectivity index (χ4v) is 4.78. The van der Waals surface area contributed by atoms with Crippen molar-refractivity contribution in [2.24, 2.45) is 7.05 Å². The molecule has 2 aliphatic heterocycles. The van der Waals surface area contributed by atoms with Gasteiger partial charge >= 0.3 is 6.01 Å². The number of ether oxygens (including phenoxy) is 1. The van der Waals surface area contributed by atoms with Gasteiger partial charge in [-0.25, -0.2) is 9.37 Å². The number of halogens is 1. The summed E-state index contributed by atoms with van der Waals surface area (Å²) in [5, 5.41) is 14.6. The fourth-order valence-electron chi connectivity index (χ4n) is 4.78. The first-order chi connectivity index (χ1) is 19.0. The normalized spacial score (nSPS) is 17.4. The second kappa shape index (κ2) is 11.6. The van der Waals surface area contributed by atoms with Crippen molar-refractivity contribution in [2.75, 3.05) is 50.0 Å². The molecule has 0 bridgehead atoms. The maximum atomic E-state index is 13.3. The number of aldehydes is 1.